The number of nitrogens with one attached hydrogen (secondary N) is 1. The second-order valence-electron chi connectivity index (χ2n) is 3.79. The minimum atomic E-state index is 0.110. The van der Waals surface area contributed by atoms with Crippen molar-refractivity contribution in [1.29, 1.82) is 0 Å². The van der Waals surface area contributed by atoms with Gasteiger partial charge in [0.1, 0.15) is 0 Å². The van der Waals surface area contributed by atoms with Crippen LogP contribution in [0.2, 0.25) is 0 Å². The number of hydrogen-bond acceptors (Lipinski definition) is 3. The number of carbonyl (C=O) groups excluding carboxylic acids is 1. The van der Waals surface area contributed by atoms with Gasteiger partial charge in [0.25, 0.3) is 0 Å². The maximum absolute atomic E-state index is 11.9. The van der Waals surface area contributed by atoms with E-state index in [0.29, 0.717) is 0 Å². The van der Waals surface area contributed by atoms with E-state index in [9.17, 15) is 4.79 Å². The van der Waals surface area contributed by atoms with E-state index < -0.39 is 0 Å². The summed E-state index contributed by atoms with van der Waals surface area (Å²) >= 11 is 3.63. The average Bonchev–Trinajstić information content (AvgIpc) is 2.30. The molecule has 1 amide bonds. The number of aryl methyl sites for hydroxylation is 1. The van der Waals surface area contributed by atoms with Crippen LogP contribution in [-0.2, 0) is 4.79 Å². The molecule has 1 heterocycles. The first-order valence-corrected chi connectivity index (χ1v) is 7.53. The molecule has 1 saturated heterocycles. The highest BCUT2D eigenvalue weighted by Crippen LogP contribution is 2.25. The van der Waals surface area contributed by atoms with E-state index in [1.807, 2.05) is 43.0 Å². The highest BCUT2D eigenvalue weighted by atomic mass is 32.2. The van der Waals surface area contributed by atoms with Crippen LogP contribution < -0.4 is 5.32 Å². The molecule has 16 heavy (non-hydrogen) atoms. The Balaban J connectivity index is 1.96. The molecule has 1 aromatic rings. The molecule has 1 fully saturated rings. The van der Waals surface area contributed by atoms with Crippen LogP contribution in [0.4, 0.5) is 5.69 Å². The second kappa shape index (κ2) is 5.64. The van der Waals surface area contributed by atoms with Crippen LogP contribution in [0, 0.1) is 6.92 Å². The summed E-state index contributed by atoms with van der Waals surface area (Å²) in [6, 6.07) is 7.93. The van der Waals surface area contributed by atoms with Gasteiger partial charge >= 0.3 is 0 Å². The lowest BCUT2D eigenvalue weighted by Gasteiger charge is -2.20. The monoisotopic (exact) mass is 253 g/mol. The molecule has 1 N–H and O–H groups in total. The zero-order chi connectivity index (χ0) is 11.4. The molecule has 1 atom stereocenters. The third-order valence-electron chi connectivity index (χ3n) is 2.39. The van der Waals surface area contributed by atoms with E-state index >= 15 is 0 Å². The van der Waals surface area contributed by atoms with Gasteiger partial charge in [-0.2, -0.15) is 11.8 Å². The van der Waals surface area contributed by atoms with E-state index in [4.69, 9.17) is 0 Å². The van der Waals surface area contributed by atoms with Gasteiger partial charge in [-0.25, -0.2) is 0 Å². The van der Waals surface area contributed by atoms with Gasteiger partial charge in [0.05, 0.1) is 5.25 Å². The maximum Gasteiger partial charge on any atom is 0.238 e. The van der Waals surface area contributed by atoms with Crippen molar-refractivity contribution in [2.24, 2.45) is 0 Å². The molecule has 86 valence electrons. The summed E-state index contributed by atoms with van der Waals surface area (Å²) in [5.74, 6) is 3.32. The molecular formula is C12H15NOS2. The number of anilines is 1. The van der Waals surface area contributed by atoms with E-state index in [2.05, 4.69) is 5.32 Å². The average molecular weight is 253 g/mol. The Bertz CT molecular complexity index is 375. The summed E-state index contributed by atoms with van der Waals surface area (Å²) in [6.07, 6.45) is 0. The smallest absolute Gasteiger partial charge is 0.238 e. The molecule has 4 heteroatoms. The number of carbonyl (C=O) groups is 1. The number of benzene rings is 1. The van der Waals surface area contributed by atoms with Crippen molar-refractivity contribution < 1.29 is 4.79 Å². The molecule has 0 radical (unpaired) electrons. The number of thioether (sulfide) groups is 2. The Kier molecular flexibility index (Phi) is 4.18. The van der Waals surface area contributed by atoms with Crippen molar-refractivity contribution >= 4 is 35.1 Å². The van der Waals surface area contributed by atoms with E-state index in [1.54, 1.807) is 11.8 Å². The Morgan fingerprint density at radius 1 is 1.44 bits per heavy atom. The van der Waals surface area contributed by atoms with Crippen molar-refractivity contribution in [3.05, 3.63) is 29.8 Å². The lowest BCUT2D eigenvalue weighted by molar-refractivity contribution is -0.115. The van der Waals surface area contributed by atoms with Crippen LogP contribution >= 0.6 is 23.5 Å². The first kappa shape index (κ1) is 11.9. The Labute approximate surface area is 105 Å². The molecule has 1 aliphatic heterocycles. The zero-order valence-electron chi connectivity index (χ0n) is 9.23. The summed E-state index contributed by atoms with van der Waals surface area (Å²) in [5, 5.41) is 3.09. The third kappa shape index (κ3) is 3.19. The van der Waals surface area contributed by atoms with E-state index in [0.717, 1.165) is 17.2 Å². The van der Waals surface area contributed by atoms with Gasteiger partial charge in [0.2, 0.25) is 5.91 Å². The van der Waals surface area contributed by atoms with Crippen LogP contribution in [0.15, 0.2) is 24.3 Å². The van der Waals surface area contributed by atoms with Crippen molar-refractivity contribution in [2.75, 3.05) is 22.6 Å². The highest BCUT2D eigenvalue weighted by Gasteiger charge is 2.21. The van der Waals surface area contributed by atoms with Crippen molar-refractivity contribution in [3.8, 4) is 0 Å². The van der Waals surface area contributed by atoms with Gasteiger partial charge in [0.15, 0.2) is 0 Å². The van der Waals surface area contributed by atoms with Crippen LogP contribution in [0.3, 0.4) is 0 Å². The molecular weight excluding hydrogens is 238 g/mol. The molecule has 0 saturated carbocycles. The van der Waals surface area contributed by atoms with Gasteiger partial charge in [-0.05, 0) is 24.6 Å². The predicted octanol–water partition coefficient (Wildman–Crippen LogP) is 2.78. The molecule has 1 unspecified atom stereocenters. The van der Waals surface area contributed by atoms with Gasteiger partial charge < -0.3 is 5.32 Å². The van der Waals surface area contributed by atoms with E-state index in [-0.39, 0.29) is 11.2 Å². The van der Waals surface area contributed by atoms with Crippen LogP contribution in [0.1, 0.15) is 5.56 Å². The Morgan fingerprint density at radius 2 is 2.31 bits per heavy atom. The summed E-state index contributed by atoms with van der Waals surface area (Å²) in [6.45, 7) is 2.03. The minimum Gasteiger partial charge on any atom is -0.325 e. The fourth-order valence-electron chi connectivity index (χ4n) is 1.58. The van der Waals surface area contributed by atoms with Gasteiger partial charge in [-0.3, -0.25) is 4.79 Å². The number of amides is 1. The first-order valence-electron chi connectivity index (χ1n) is 5.32. The standard InChI is InChI=1S/C12H15NOS2/c1-9-3-2-4-10(7-9)13-12(14)11-8-15-5-6-16-11/h2-4,7,11H,5-6,8H2,1H3,(H,13,14). The van der Waals surface area contributed by atoms with E-state index in [1.165, 1.54) is 11.3 Å². The molecule has 2 rings (SSSR count). The topological polar surface area (TPSA) is 29.1 Å². The Hall–Kier alpha value is -0.610. The van der Waals surface area contributed by atoms with Crippen molar-refractivity contribution in [2.45, 2.75) is 12.2 Å². The fourth-order valence-corrected chi connectivity index (χ4v) is 4.14. The maximum atomic E-state index is 11.9. The Morgan fingerprint density at radius 3 is 3.00 bits per heavy atom. The largest absolute Gasteiger partial charge is 0.325 e. The van der Waals surface area contributed by atoms with Gasteiger partial charge in [-0.15, -0.1) is 11.8 Å². The minimum absolute atomic E-state index is 0.110. The quantitative estimate of drug-likeness (QED) is 0.878. The van der Waals surface area contributed by atoms with Crippen LogP contribution in [0.5, 0.6) is 0 Å². The highest BCUT2D eigenvalue weighted by molar-refractivity contribution is 8.07. The van der Waals surface area contributed by atoms with Gasteiger partial charge in [-0.1, -0.05) is 12.1 Å². The second-order valence-corrected chi connectivity index (χ2v) is 6.25. The predicted molar refractivity (Wildman–Crippen MR) is 73.4 cm³/mol. The fraction of sp³-hybridized carbons (Fsp3) is 0.417. The van der Waals surface area contributed by atoms with Crippen molar-refractivity contribution in [1.82, 2.24) is 0 Å². The molecule has 0 aromatic heterocycles. The normalized spacial score (nSPS) is 20.4. The van der Waals surface area contributed by atoms with Crippen LogP contribution in [-0.4, -0.2) is 28.4 Å². The molecule has 0 bridgehead atoms. The lowest BCUT2D eigenvalue weighted by atomic mass is 10.2. The molecule has 1 aliphatic rings. The molecule has 1 aromatic carbocycles. The zero-order valence-corrected chi connectivity index (χ0v) is 10.9. The first-order chi connectivity index (χ1) is 7.75. The lowest BCUT2D eigenvalue weighted by Crippen LogP contribution is -2.30. The van der Waals surface area contributed by atoms with Crippen LogP contribution in [0.25, 0.3) is 0 Å². The molecule has 2 nitrogen and oxygen atoms in total. The SMILES string of the molecule is Cc1cccc(NC(=O)C2CSCCS2)c1. The molecule has 0 aliphatic carbocycles. The number of hydrogen-bond donors (Lipinski definition) is 1. The summed E-state index contributed by atoms with van der Waals surface area (Å²) in [4.78, 5) is 11.9. The summed E-state index contributed by atoms with van der Waals surface area (Å²) < 4.78 is 0. The number of rotatable bonds is 2. The van der Waals surface area contributed by atoms with Gasteiger partial charge in [0, 0.05) is 22.9 Å². The third-order valence-corrected chi connectivity index (χ3v) is 5.15. The summed E-state index contributed by atoms with van der Waals surface area (Å²) in [7, 11) is 0. The molecule has 0 spiro atoms. The van der Waals surface area contributed by atoms with Crippen molar-refractivity contribution in [3.63, 3.8) is 0 Å². The summed E-state index contributed by atoms with van der Waals surface area (Å²) in [5.41, 5.74) is 2.07.